The molecule has 3 aliphatic rings. The third kappa shape index (κ3) is 3.42. The highest BCUT2D eigenvalue weighted by Gasteiger charge is 2.41. The minimum atomic E-state index is -0.201. The third-order valence-electron chi connectivity index (χ3n) is 5.63. The quantitative estimate of drug-likeness (QED) is 0.743. The highest BCUT2D eigenvalue weighted by Crippen LogP contribution is 2.37. The summed E-state index contributed by atoms with van der Waals surface area (Å²) < 4.78 is 0. The summed E-state index contributed by atoms with van der Waals surface area (Å²) >= 11 is 0. The van der Waals surface area contributed by atoms with E-state index < -0.39 is 0 Å². The topological polar surface area (TPSA) is 90.3 Å². The normalized spacial score (nSPS) is 26.5. The van der Waals surface area contributed by atoms with E-state index in [2.05, 4.69) is 26.5 Å². The fourth-order valence-electron chi connectivity index (χ4n) is 3.80. The summed E-state index contributed by atoms with van der Waals surface area (Å²) in [5.41, 5.74) is 7.07. The lowest BCUT2D eigenvalue weighted by molar-refractivity contribution is -0.133. The molecule has 3 heterocycles. The molecule has 1 saturated carbocycles. The molecule has 2 aliphatic heterocycles. The number of piperazine rings is 1. The molecule has 1 atom stereocenters. The number of piperidine rings is 1. The zero-order valence-electron chi connectivity index (χ0n) is 14.3. The molecule has 2 saturated heterocycles. The largest absolute Gasteiger partial charge is 0.353 e. The number of anilines is 1. The van der Waals surface area contributed by atoms with E-state index in [4.69, 9.17) is 5.73 Å². The molecule has 0 spiro atoms. The number of likely N-dealkylation sites (tertiary alicyclic amines) is 1. The number of carbonyl (C=O) groups is 1. The van der Waals surface area contributed by atoms with Crippen LogP contribution in [0.4, 0.5) is 5.82 Å². The molecule has 0 aromatic carbocycles. The number of amides is 1. The Balaban J connectivity index is 1.38. The number of rotatable bonds is 4. The van der Waals surface area contributed by atoms with Crippen molar-refractivity contribution < 1.29 is 4.79 Å². The van der Waals surface area contributed by atoms with Crippen molar-refractivity contribution >= 4 is 11.7 Å². The summed E-state index contributed by atoms with van der Waals surface area (Å²) in [7, 11) is 0. The van der Waals surface area contributed by atoms with Gasteiger partial charge in [0.1, 0.15) is 0 Å². The first-order chi connectivity index (χ1) is 11.6. The third-order valence-corrected chi connectivity index (χ3v) is 5.63. The second-order valence-electron chi connectivity index (χ2n) is 7.64. The maximum absolute atomic E-state index is 12.5. The fourth-order valence-corrected chi connectivity index (χ4v) is 3.80. The van der Waals surface area contributed by atoms with Crippen LogP contribution in [0.5, 0.6) is 0 Å². The second kappa shape index (κ2) is 6.37. The van der Waals surface area contributed by atoms with Gasteiger partial charge >= 0.3 is 0 Å². The van der Waals surface area contributed by atoms with Crippen LogP contribution >= 0.6 is 0 Å². The summed E-state index contributed by atoms with van der Waals surface area (Å²) in [6, 6.07) is 2.18. The summed E-state index contributed by atoms with van der Waals surface area (Å²) in [4.78, 5) is 16.8. The number of carbonyl (C=O) groups excluding carboxylic acids is 1. The standard InChI is InChI=1S/C17H28N6O/c18-17(3-4-17)11-16(24)23-7-1-2-13(12-23)14-10-15(21-20-14)22-8-5-19-6-9-22/h10,13,19H,1-9,11-12,18H2,(H,20,21). The Kier molecular flexibility index (Phi) is 4.22. The first-order valence-corrected chi connectivity index (χ1v) is 9.21. The van der Waals surface area contributed by atoms with E-state index in [1.807, 2.05) is 4.90 Å². The molecule has 7 nitrogen and oxygen atoms in total. The Hall–Kier alpha value is -1.60. The summed E-state index contributed by atoms with van der Waals surface area (Å²) in [5.74, 6) is 1.62. The van der Waals surface area contributed by atoms with Crippen molar-refractivity contribution in [3.63, 3.8) is 0 Å². The van der Waals surface area contributed by atoms with Crippen molar-refractivity contribution in [2.24, 2.45) is 5.73 Å². The van der Waals surface area contributed by atoms with Crippen molar-refractivity contribution in [2.75, 3.05) is 44.2 Å². The average molecular weight is 332 g/mol. The van der Waals surface area contributed by atoms with Crippen LogP contribution < -0.4 is 16.0 Å². The Labute approximate surface area is 142 Å². The van der Waals surface area contributed by atoms with Gasteiger partial charge in [0.15, 0.2) is 5.82 Å². The van der Waals surface area contributed by atoms with Crippen LogP contribution in [0.15, 0.2) is 6.07 Å². The Morgan fingerprint density at radius 1 is 1.33 bits per heavy atom. The smallest absolute Gasteiger partial charge is 0.224 e. The number of nitrogens with two attached hydrogens (primary N) is 1. The van der Waals surface area contributed by atoms with E-state index in [0.29, 0.717) is 12.3 Å². The molecule has 0 radical (unpaired) electrons. The predicted molar refractivity (Wildman–Crippen MR) is 93.0 cm³/mol. The molecule has 3 fully saturated rings. The van der Waals surface area contributed by atoms with Crippen molar-refractivity contribution in [1.82, 2.24) is 20.4 Å². The lowest BCUT2D eigenvalue weighted by Gasteiger charge is -2.33. The number of hydrogen-bond donors (Lipinski definition) is 3. The number of H-pyrrole nitrogens is 1. The summed E-state index contributed by atoms with van der Waals surface area (Å²) in [6.07, 6.45) is 4.65. The minimum Gasteiger partial charge on any atom is -0.353 e. The molecule has 132 valence electrons. The van der Waals surface area contributed by atoms with Gasteiger partial charge in [0.2, 0.25) is 5.91 Å². The highest BCUT2D eigenvalue weighted by molar-refractivity contribution is 5.78. The van der Waals surface area contributed by atoms with E-state index in [0.717, 1.165) is 76.5 Å². The van der Waals surface area contributed by atoms with Crippen LogP contribution in [0.1, 0.15) is 43.7 Å². The van der Waals surface area contributed by atoms with Crippen LogP contribution in [0.3, 0.4) is 0 Å². The lowest BCUT2D eigenvalue weighted by atomic mass is 9.94. The zero-order valence-corrected chi connectivity index (χ0v) is 14.3. The molecule has 1 aromatic rings. The van der Waals surface area contributed by atoms with Gasteiger partial charge in [0, 0.05) is 68.9 Å². The number of aromatic amines is 1. The Bertz CT molecular complexity index is 590. The van der Waals surface area contributed by atoms with E-state index in [1.54, 1.807) is 0 Å². The van der Waals surface area contributed by atoms with Crippen LogP contribution in [-0.2, 0) is 4.79 Å². The highest BCUT2D eigenvalue weighted by atomic mass is 16.2. The van der Waals surface area contributed by atoms with E-state index in [9.17, 15) is 4.79 Å². The number of aromatic nitrogens is 2. The number of hydrogen-bond acceptors (Lipinski definition) is 5. The molecular weight excluding hydrogens is 304 g/mol. The van der Waals surface area contributed by atoms with E-state index >= 15 is 0 Å². The van der Waals surface area contributed by atoms with Gasteiger partial charge < -0.3 is 20.9 Å². The number of nitrogens with zero attached hydrogens (tertiary/aromatic N) is 3. The van der Waals surface area contributed by atoms with Gasteiger partial charge in [0.05, 0.1) is 0 Å². The van der Waals surface area contributed by atoms with Gasteiger partial charge in [-0.1, -0.05) is 0 Å². The molecule has 7 heteroatoms. The molecule has 1 aromatic heterocycles. The van der Waals surface area contributed by atoms with Gasteiger partial charge in [-0.25, -0.2) is 0 Å². The van der Waals surface area contributed by atoms with Crippen LogP contribution in [-0.4, -0.2) is 65.8 Å². The second-order valence-corrected chi connectivity index (χ2v) is 7.64. The first-order valence-electron chi connectivity index (χ1n) is 9.21. The first kappa shape index (κ1) is 15.9. The molecular formula is C17H28N6O. The summed E-state index contributed by atoms with van der Waals surface area (Å²) in [5, 5.41) is 11.1. The Morgan fingerprint density at radius 2 is 2.12 bits per heavy atom. The maximum atomic E-state index is 12.5. The monoisotopic (exact) mass is 332 g/mol. The molecule has 1 unspecified atom stereocenters. The van der Waals surface area contributed by atoms with Gasteiger partial charge in [-0.2, -0.15) is 5.10 Å². The Morgan fingerprint density at radius 3 is 2.88 bits per heavy atom. The molecule has 4 N–H and O–H groups in total. The van der Waals surface area contributed by atoms with Gasteiger partial charge in [-0.15, -0.1) is 0 Å². The molecule has 0 bridgehead atoms. The SMILES string of the molecule is NC1(CC(=O)N2CCCC(c3cc(N4CCNCC4)n[nH]3)C2)CC1. The van der Waals surface area contributed by atoms with Crippen LogP contribution in [0.25, 0.3) is 0 Å². The minimum absolute atomic E-state index is 0.201. The number of nitrogens with one attached hydrogen (secondary N) is 2. The predicted octanol–water partition coefficient (Wildman–Crippen LogP) is 0.407. The maximum Gasteiger partial charge on any atom is 0.224 e. The van der Waals surface area contributed by atoms with E-state index in [1.165, 1.54) is 0 Å². The van der Waals surface area contributed by atoms with Crippen molar-refractivity contribution in [3.05, 3.63) is 11.8 Å². The molecule has 1 aliphatic carbocycles. The van der Waals surface area contributed by atoms with Crippen LogP contribution in [0.2, 0.25) is 0 Å². The fraction of sp³-hybridized carbons (Fsp3) is 0.765. The van der Waals surface area contributed by atoms with Crippen LogP contribution in [0, 0.1) is 0 Å². The zero-order chi connectivity index (χ0) is 16.6. The van der Waals surface area contributed by atoms with Crippen molar-refractivity contribution in [3.8, 4) is 0 Å². The average Bonchev–Trinajstić information content (AvgIpc) is 3.14. The lowest BCUT2D eigenvalue weighted by Crippen LogP contribution is -2.43. The molecule has 24 heavy (non-hydrogen) atoms. The van der Waals surface area contributed by atoms with Gasteiger partial charge in [0.25, 0.3) is 0 Å². The van der Waals surface area contributed by atoms with E-state index in [-0.39, 0.29) is 11.4 Å². The summed E-state index contributed by atoms with van der Waals surface area (Å²) in [6.45, 7) is 5.67. The van der Waals surface area contributed by atoms with Crippen molar-refractivity contribution in [1.29, 1.82) is 0 Å². The molecule has 1 amide bonds. The van der Waals surface area contributed by atoms with Gasteiger partial charge in [-0.3, -0.25) is 9.89 Å². The van der Waals surface area contributed by atoms with Crippen molar-refractivity contribution in [2.45, 2.75) is 43.6 Å². The molecule has 4 rings (SSSR count). The van der Waals surface area contributed by atoms with Gasteiger partial charge in [-0.05, 0) is 25.7 Å².